The second kappa shape index (κ2) is 6.22. The number of esters is 1. The van der Waals surface area contributed by atoms with Gasteiger partial charge in [0.1, 0.15) is 0 Å². The highest BCUT2D eigenvalue weighted by molar-refractivity contribution is 9.09. The minimum Gasteiger partial charge on any atom is -0.462 e. The molecule has 0 aliphatic rings. The van der Waals surface area contributed by atoms with E-state index in [2.05, 4.69) is 20.7 Å². The van der Waals surface area contributed by atoms with Crippen LogP contribution in [-0.4, -0.2) is 17.9 Å². The molecule has 0 unspecified atom stereocenters. The zero-order valence-electron chi connectivity index (χ0n) is 9.68. The zero-order chi connectivity index (χ0) is 13.8. The molecule has 0 aromatic heterocycles. The number of hydrogen-bond acceptors (Lipinski definition) is 2. The maximum absolute atomic E-state index is 12.8. The third-order valence-electron chi connectivity index (χ3n) is 2.29. The Labute approximate surface area is 111 Å². The SMILES string of the molecule is CCOC(=O)c1ccc(CCBr)c(C(F)(F)F)c1. The molecule has 1 rings (SSSR count). The van der Waals surface area contributed by atoms with E-state index in [9.17, 15) is 18.0 Å². The monoisotopic (exact) mass is 324 g/mol. The fraction of sp³-hybridized carbons (Fsp3) is 0.417. The Hall–Kier alpha value is -1.04. The maximum atomic E-state index is 12.8. The second-order valence-corrected chi connectivity index (χ2v) is 4.32. The van der Waals surface area contributed by atoms with E-state index in [0.29, 0.717) is 5.33 Å². The molecule has 0 bridgehead atoms. The Morgan fingerprint density at radius 3 is 2.56 bits per heavy atom. The number of carbonyl (C=O) groups excluding carboxylic acids is 1. The van der Waals surface area contributed by atoms with Crippen LogP contribution in [0.1, 0.15) is 28.4 Å². The normalized spacial score (nSPS) is 11.4. The summed E-state index contributed by atoms with van der Waals surface area (Å²) in [6, 6.07) is 3.51. The number of hydrogen-bond donors (Lipinski definition) is 0. The molecular weight excluding hydrogens is 313 g/mol. The van der Waals surface area contributed by atoms with Crippen LogP contribution in [0.3, 0.4) is 0 Å². The highest BCUT2D eigenvalue weighted by Crippen LogP contribution is 2.33. The van der Waals surface area contributed by atoms with Crippen LogP contribution in [0.5, 0.6) is 0 Å². The number of carbonyl (C=O) groups is 1. The van der Waals surface area contributed by atoms with E-state index < -0.39 is 17.7 Å². The van der Waals surface area contributed by atoms with Gasteiger partial charge in [-0.15, -0.1) is 0 Å². The summed E-state index contributed by atoms with van der Waals surface area (Å²) in [5, 5.41) is 0.425. The number of benzene rings is 1. The topological polar surface area (TPSA) is 26.3 Å². The van der Waals surface area contributed by atoms with E-state index >= 15 is 0 Å². The van der Waals surface area contributed by atoms with Crippen molar-refractivity contribution in [2.45, 2.75) is 19.5 Å². The highest BCUT2D eigenvalue weighted by Gasteiger charge is 2.33. The van der Waals surface area contributed by atoms with Gasteiger partial charge >= 0.3 is 12.1 Å². The van der Waals surface area contributed by atoms with Crippen molar-refractivity contribution in [1.82, 2.24) is 0 Å². The molecule has 0 saturated carbocycles. The average Bonchev–Trinajstić information content (AvgIpc) is 2.28. The first kappa shape index (κ1) is 15.0. The Morgan fingerprint density at radius 2 is 2.06 bits per heavy atom. The standard InChI is InChI=1S/C12H12BrF3O2/c1-2-18-11(17)9-4-3-8(5-6-13)10(7-9)12(14,15)16/h3-4,7H,2,5-6H2,1H3. The van der Waals surface area contributed by atoms with Gasteiger partial charge in [-0.2, -0.15) is 13.2 Å². The van der Waals surface area contributed by atoms with Gasteiger partial charge in [0.05, 0.1) is 17.7 Å². The molecule has 0 aliphatic heterocycles. The van der Waals surface area contributed by atoms with Crippen LogP contribution in [0.4, 0.5) is 13.2 Å². The Kier molecular flexibility index (Phi) is 5.19. The maximum Gasteiger partial charge on any atom is 0.416 e. The van der Waals surface area contributed by atoms with Crippen LogP contribution in [0.2, 0.25) is 0 Å². The molecule has 0 heterocycles. The van der Waals surface area contributed by atoms with Crippen molar-refractivity contribution in [2.24, 2.45) is 0 Å². The largest absolute Gasteiger partial charge is 0.462 e. The molecule has 2 nitrogen and oxygen atoms in total. The molecule has 100 valence electrons. The minimum absolute atomic E-state index is 0.0810. The molecule has 0 N–H and O–H groups in total. The van der Waals surface area contributed by atoms with Crippen molar-refractivity contribution >= 4 is 21.9 Å². The van der Waals surface area contributed by atoms with Crippen molar-refractivity contribution < 1.29 is 22.7 Å². The summed E-state index contributed by atoms with van der Waals surface area (Å²) in [5.41, 5.74) is -0.706. The minimum atomic E-state index is -4.47. The van der Waals surface area contributed by atoms with E-state index in [1.807, 2.05) is 0 Å². The Bertz CT molecular complexity index is 430. The summed E-state index contributed by atoms with van der Waals surface area (Å²) < 4.78 is 43.2. The van der Waals surface area contributed by atoms with Crippen molar-refractivity contribution in [1.29, 1.82) is 0 Å². The van der Waals surface area contributed by atoms with E-state index in [1.54, 1.807) is 6.92 Å². The van der Waals surface area contributed by atoms with Gasteiger partial charge in [0.25, 0.3) is 0 Å². The number of ether oxygens (including phenoxy) is 1. The lowest BCUT2D eigenvalue weighted by Crippen LogP contribution is -2.13. The predicted octanol–water partition coefficient (Wildman–Crippen LogP) is 3.82. The number of halogens is 4. The summed E-state index contributed by atoms with van der Waals surface area (Å²) in [5.74, 6) is -0.742. The second-order valence-electron chi connectivity index (χ2n) is 3.53. The molecule has 18 heavy (non-hydrogen) atoms. The van der Waals surface area contributed by atoms with Gasteiger partial charge in [0.15, 0.2) is 0 Å². The van der Waals surface area contributed by atoms with Crippen LogP contribution >= 0.6 is 15.9 Å². The van der Waals surface area contributed by atoms with Crippen molar-refractivity contribution in [3.8, 4) is 0 Å². The summed E-state index contributed by atoms with van der Waals surface area (Å²) in [6.45, 7) is 1.73. The Morgan fingerprint density at radius 1 is 1.39 bits per heavy atom. The quantitative estimate of drug-likeness (QED) is 0.621. The summed E-state index contributed by atoms with van der Waals surface area (Å²) in [6.07, 6.45) is -4.22. The van der Waals surface area contributed by atoms with Gasteiger partial charge in [0.2, 0.25) is 0 Å². The number of alkyl halides is 4. The molecule has 0 spiro atoms. The molecule has 0 radical (unpaired) electrons. The summed E-state index contributed by atoms with van der Waals surface area (Å²) in [7, 11) is 0. The van der Waals surface area contributed by atoms with Gasteiger partial charge in [0, 0.05) is 5.33 Å². The highest BCUT2D eigenvalue weighted by atomic mass is 79.9. The molecule has 0 aliphatic carbocycles. The molecule has 0 atom stereocenters. The van der Waals surface area contributed by atoms with Gasteiger partial charge in [-0.05, 0) is 31.0 Å². The van der Waals surface area contributed by atoms with Gasteiger partial charge in [-0.3, -0.25) is 0 Å². The van der Waals surface area contributed by atoms with Gasteiger partial charge in [-0.1, -0.05) is 22.0 Å². The smallest absolute Gasteiger partial charge is 0.416 e. The van der Waals surface area contributed by atoms with E-state index in [1.165, 1.54) is 12.1 Å². The first-order valence-corrected chi connectivity index (χ1v) is 6.45. The molecular formula is C12H12BrF3O2. The average molecular weight is 325 g/mol. The molecule has 1 aromatic rings. The fourth-order valence-electron chi connectivity index (χ4n) is 1.50. The van der Waals surface area contributed by atoms with Crippen LogP contribution in [0, 0.1) is 0 Å². The van der Waals surface area contributed by atoms with Crippen molar-refractivity contribution in [3.63, 3.8) is 0 Å². The fourth-order valence-corrected chi connectivity index (χ4v) is 1.93. The van der Waals surface area contributed by atoms with Crippen LogP contribution in [0.25, 0.3) is 0 Å². The molecule has 0 amide bonds. The third kappa shape index (κ3) is 3.73. The van der Waals surface area contributed by atoms with Gasteiger partial charge in [-0.25, -0.2) is 4.79 Å². The number of aryl methyl sites for hydroxylation is 1. The number of rotatable bonds is 4. The first-order valence-electron chi connectivity index (χ1n) is 5.33. The summed E-state index contributed by atoms with van der Waals surface area (Å²) in [4.78, 5) is 11.4. The predicted molar refractivity (Wildman–Crippen MR) is 64.9 cm³/mol. The molecule has 0 saturated heterocycles. The Balaban J connectivity index is 3.17. The van der Waals surface area contributed by atoms with E-state index in [0.717, 1.165) is 6.07 Å². The molecule has 1 aromatic carbocycles. The lowest BCUT2D eigenvalue weighted by atomic mass is 10.0. The summed E-state index contributed by atoms with van der Waals surface area (Å²) >= 11 is 3.10. The van der Waals surface area contributed by atoms with Crippen molar-refractivity contribution in [3.05, 3.63) is 34.9 Å². The molecule has 6 heteroatoms. The van der Waals surface area contributed by atoms with E-state index in [-0.39, 0.29) is 24.2 Å². The van der Waals surface area contributed by atoms with E-state index in [4.69, 9.17) is 0 Å². The lowest BCUT2D eigenvalue weighted by molar-refractivity contribution is -0.138. The zero-order valence-corrected chi connectivity index (χ0v) is 11.3. The third-order valence-corrected chi connectivity index (χ3v) is 2.69. The van der Waals surface area contributed by atoms with Crippen LogP contribution < -0.4 is 0 Å². The van der Waals surface area contributed by atoms with Crippen molar-refractivity contribution in [2.75, 3.05) is 11.9 Å². The first-order chi connectivity index (χ1) is 8.40. The lowest BCUT2D eigenvalue weighted by Gasteiger charge is -2.13. The van der Waals surface area contributed by atoms with Gasteiger partial charge < -0.3 is 4.74 Å². The van der Waals surface area contributed by atoms with Crippen LogP contribution in [0.15, 0.2) is 18.2 Å². The molecule has 0 fully saturated rings. The van der Waals surface area contributed by atoms with Crippen LogP contribution in [-0.2, 0) is 17.3 Å².